The third kappa shape index (κ3) is 3.62. The van der Waals surface area contributed by atoms with Crippen LogP contribution in [0.2, 0.25) is 0 Å². The number of hydrogen-bond acceptors (Lipinski definition) is 4. The predicted molar refractivity (Wildman–Crippen MR) is 97.1 cm³/mol. The van der Waals surface area contributed by atoms with E-state index in [1.54, 1.807) is 6.92 Å². The van der Waals surface area contributed by atoms with Crippen LogP contribution in [0.25, 0.3) is 5.69 Å². The molecule has 1 aliphatic carbocycles. The molecule has 2 aromatic heterocycles. The zero-order valence-electron chi connectivity index (χ0n) is 15.9. The van der Waals surface area contributed by atoms with Crippen molar-refractivity contribution in [1.29, 1.82) is 0 Å². The Bertz CT molecular complexity index is 1040. The standard InChI is InChI=1S/C19H19F3N6O/c1-11-14(24-28(23-11)13-6-4-3-5-7-13)10-27(12-8-9-12)19(29)15-16(17(20)21)25-26(2)18(15)22/h3-7,12,17H,8-10H2,1-2H3. The highest BCUT2D eigenvalue weighted by molar-refractivity contribution is 5.96. The number of para-hydroxylation sites is 1. The molecule has 0 unspecified atom stereocenters. The lowest BCUT2D eigenvalue weighted by Gasteiger charge is -2.21. The molecule has 0 saturated heterocycles. The van der Waals surface area contributed by atoms with Gasteiger partial charge in [0.2, 0.25) is 5.95 Å². The van der Waals surface area contributed by atoms with Crippen molar-refractivity contribution in [2.45, 2.75) is 38.8 Å². The Morgan fingerprint density at radius 3 is 2.52 bits per heavy atom. The minimum absolute atomic E-state index is 0.0547. The van der Waals surface area contributed by atoms with E-state index in [9.17, 15) is 18.0 Å². The number of carbonyl (C=O) groups is 1. The van der Waals surface area contributed by atoms with Gasteiger partial charge in [-0.15, -0.1) is 0 Å². The van der Waals surface area contributed by atoms with Gasteiger partial charge in [0, 0.05) is 13.1 Å². The molecule has 1 aliphatic rings. The zero-order chi connectivity index (χ0) is 20.7. The first-order valence-electron chi connectivity index (χ1n) is 9.16. The van der Waals surface area contributed by atoms with Crippen LogP contribution in [0.15, 0.2) is 30.3 Å². The second kappa shape index (κ2) is 7.34. The molecule has 1 amide bonds. The molecule has 7 nitrogen and oxygen atoms in total. The van der Waals surface area contributed by atoms with Crippen molar-refractivity contribution in [1.82, 2.24) is 29.7 Å². The average molecular weight is 404 g/mol. The van der Waals surface area contributed by atoms with Gasteiger partial charge in [0.1, 0.15) is 17.0 Å². The largest absolute Gasteiger partial charge is 0.329 e. The second-order valence-corrected chi connectivity index (χ2v) is 7.00. The summed E-state index contributed by atoms with van der Waals surface area (Å²) < 4.78 is 41.7. The van der Waals surface area contributed by atoms with E-state index in [0.717, 1.165) is 18.5 Å². The van der Waals surface area contributed by atoms with Crippen LogP contribution in [0.1, 0.15) is 46.7 Å². The molecule has 29 heavy (non-hydrogen) atoms. The Morgan fingerprint density at radius 1 is 1.21 bits per heavy atom. The molecule has 4 rings (SSSR count). The van der Waals surface area contributed by atoms with Crippen molar-refractivity contribution in [2.75, 3.05) is 0 Å². The zero-order valence-corrected chi connectivity index (χ0v) is 15.9. The van der Waals surface area contributed by atoms with Crippen LogP contribution < -0.4 is 0 Å². The lowest BCUT2D eigenvalue weighted by atomic mass is 10.2. The summed E-state index contributed by atoms with van der Waals surface area (Å²) in [6.45, 7) is 1.81. The second-order valence-electron chi connectivity index (χ2n) is 7.00. The number of carbonyl (C=O) groups excluding carboxylic acids is 1. The Balaban J connectivity index is 1.65. The van der Waals surface area contributed by atoms with Gasteiger partial charge in [-0.25, -0.2) is 13.5 Å². The highest BCUT2D eigenvalue weighted by Crippen LogP contribution is 2.32. The fraction of sp³-hybridized carbons (Fsp3) is 0.368. The highest BCUT2D eigenvalue weighted by Gasteiger charge is 2.38. The smallest absolute Gasteiger partial charge is 0.283 e. The van der Waals surface area contributed by atoms with Crippen LogP contribution in [0.3, 0.4) is 0 Å². The Labute approximate surface area is 164 Å². The summed E-state index contributed by atoms with van der Waals surface area (Å²) in [5.41, 5.74) is 0.363. The number of amides is 1. The normalized spacial score (nSPS) is 13.9. The quantitative estimate of drug-likeness (QED) is 0.633. The number of halogens is 3. The van der Waals surface area contributed by atoms with Gasteiger partial charge in [-0.05, 0) is 31.9 Å². The van der Waals surface area contributed by atoms with Crippen molar-refractivity contribution >= 4 is 5.91 Å². The first-order valence-corrected chi connectivity index (χ1v) is 9.16. The molecule has 0 atom stereocenters. The molecule has 1 fully saturated rings. The number of hydrogen-bond donors (Lipinski definition) is 0. The van der Waals surface area contributed by atoms with Gasteiger partial charge in [0.15, 0.2) is 0 Å². The van der Waals surface area contributed by atoms with Gasteiger partial charge in [0.25, 0.3) is 12.3 Å². The molecular formula is C19H19F3N6O. The molecule has 10 heteroatoms. The van der Waals surface area contributed by atoms with E-state index in [4.69, 9.17) is 0 Å². The number of alkyl halides is 2. The topological polar surface area (TPSA) is 68.8 Å². The fourth-order valence-electron chi connectivity index (χ4n) is 3.16. The molecule has 0 radical (unpaired) electrons. The van der Waals surface area contributed by atoms with E-state index in [0.29, 0.717) is 16.1 Å². The van der Waals surface area contributed by atoms with Gasteiger partial charge < -0.3 is 4.90 Å². The van der Waals surface area contributed by atoms with Crippen molar-refractivity contribution in [3.05, 3.63) is 58.9 Å². The summed E-state index contributed by atoms with van der Waals surface area (Å²) in [5, 5.41) is 12.3. The van der Waals surface area contributed by atoms with Gasteiger partial charge in [-0.2, -0.15) is 24.5 Å². The summed E-state index contributed by atoms with van der Waals surface area (Å²) in [4.78, 5) is 15.9. The number of benzene rings is 1. The maximum atomic E-state index is 14.4. The molecule has 0 spiro atoms. The molecule has 2 heterocycles. The number of rotatable bonds is 6. The van der Waals surface area contributed by atoms with Crippen LogP contribution in [0.5, 0.6) is 0 Å². The third-order valence-corrected chi connectivity index (χ3v) is 4.86. The van der Waals surface area contributed by atoms with Crippen molar-refractivity contribution in [2.24, 2.45) is 7.05 Å². The fourth-order valence-corrected chi connectivity index (χ4v) is 3.16. The van der Waals surface area contributed by atoms with Crippen LogP contribution in [0, 0.1) is 12.9 Å². The van der Waals surface area contributed by atoms with Crippen molar-refractivity contribution in [3.63, 3.8) is 0 Å². The first kappa shape index (κ1) is 19.2. The predicted octanol–water partition coefficient (Wildman–Crippen LogP) is 3.19. The summed E-state index contributed by atoms with van der Waals surface area (Å²) in [6.07, 6.45) is -1.60. The summed E-state index contributed by atoms with van der Waals surface area (Å²) >= 11 is 0. The van der Waals surface area contributed by atoms with Gasteiger partial charge in [-0.3, -0.25) is 4.79 Å². The van der Waals surface area contributed by atoms with Crippen LogP contribution in [-0.4, -0.2) is 41.6 Å². The van der Waals surface area contributed by atoms with E-state index in [1.807, 2.05) is 30.3 Å². The molecule has 0 aliphatic heterocycles. The molecule has 152 valence electrons. The van der Waals surface area contributed by atoms with Crippen LogP contribution >= 0.6 is 0 Å². The van der Waals surface area contributed by atoms with Gasteiger partial charge >= 0.3 is 0 Å². The summed E-state index contributed by atoms with van der Waals surface area (Å²) in [6, 6.07) is 9.11. The maximum absolute atomic E-state index is 14.4. The minimum Gasteiger partial charge on any atom is -0.329 e. The van der Waals surface area contributed by atoms with E-state index in [2.05, 4.69) is 15.3 Å². The van der Waals surface area contributed by atoms with Crippen molar-refractivity contribution < 1.29 is 18.0 Å². The first-order chi connectivity index (χ1) is 13.9. The van der Waals surface area contributed by atoms with Crippen LogP contribution in [-0.2, 0) is 13.6 Å². The monoisotopic (exact) mass is 404 g/mol. The number of aryl methyl sites for hydroxylation is 2. The SMILES string of the molecule is Cc1nn(-c2ccccc2)nc1CN(C(=O)c1c(C(F)F)nn(C)c1F)C1CC1. The lowest BCUT2D eigenvalue weighted by Crippen LogP contribution is -2.34. The van der Waals surface area contributed by atoms with Crippen molar-refractivity contribution in [3.8, 4) is 5.69 Å². The molecule has 3 aromatic rings. The molecule has 1 aromatic carbocycles. The number of nitrogens with zero attached hydrogens (tertiary/aromatic N) is 6. The highest BCUT2D eigenvalue weighted by atomic mass is 19.3. The Morgan fingerprint density at radius 2 is 1.90 bits per heavy atom. The molecule has 1 saturated carbocycles. The third-order valence-electron chi connectivity index (χ3n) is 4.86. The maximum Gasteiger partial charge on any atom is 0.283 e. The minimum atomic E-state index is -3.05. The Kier molecular flexibility index (Phi) is 4.85. The molecule has 0 bridgehead atoms. The average Bonchev–Trinajstić information content (AvgIpc) is 3.41. The number of aromatic nitrogens is 5. The van der Waals surface area contributed by atoms with E-state index in [1.165, 1.54) is 16.7 Å². The van der Waals surface area contributed by atoms with E-state index in [-0.39, 0.29) is 12.6 Å². The van der Waals surface area contributed by atoms with Gasteiger partial charge in [-0.1, -0.05) is 18.2 Å². The molecule has 0 N–H and O–H groups in total. The van der Waals surface area contributed by atoms with Crippen LogP contribution in [0.4, 0.5) is 13.2 Å². The molecular weight excluding hydrogens is 385 g/mol. The van der Waals surface area contributed by atoms with E-state index >= 15 is 0 Å². The van der Waals surface area contributed by atoms with E-state index < -0.39 is 29.5 Å². The Hall–Kier alpha value is -3.17. The summed E-state index contributed by atoms with van der Waals surface area (Å²) in [5.74, 6) is -1.87. The summed E-state index contributed by atoms with van der Waals surface area (Å²) in [7, 11) is 1.19. The van der Waals surface area contributed by atoms with Gasteiger partial charge in [0.05, 0.1) is 17.9 Å². The lowest BCUT2D eigenvalue weighted by molar-refractivity contribution is 0.0709.